The molecule has 0 aromatic carbocycles. The minimum absolute atomic E-state index is 0.000924. The quantitative estimate of drug-likeness (QED) is 0.229. The fourth-order valence-electron chi connectivity index (χ4n) is 2.19. The van der Waals surface area contributed by atoms with Gasteiger partial charge in [0.1, 0.15) is 5.90 Å². The summed E-state index contributed by atoms with van der Waals surface area (Å²) in [5.74, 6) is -0.989. The Hall–Kier alpha value is -0.480. The first-order valence-corrected chi connectivity index (χ1v) is 12.6. The minimum atomic E-state index is -4.48. The van der Waals surface area contributed by atoms with Crippen LogP contribution in [0.4, 0.5) is 0 Å². The van der Waals surface area contributed by atoms with E-state index in [1.54, 1.807) is 0 Å². The lowest BCUT2D eigenvalue weighted by Crippen LogP contribution is -2.04. The monoisotopic (exact) mass is 408 g/mol. The Morgan fingerprint density at radius 1 is 0.885 bits per heavy atom. The summed E-state index contributed by atoms with van der Waals surface area (Å²) >= 11 is 0. The van der Waals surface area contributed by atoms with E-state index in [1.807, 2.05) is 13.0 Å². The van der Waals surface area contributed by atoms with E-state index in [0.717, 1.165) is 25.7 Å². The zero-order valence-electron chi connectivity index (χ0n) is 16.3. The molecule has 1 unspecified atom stereocenters. The van der Waals surface area contributed by atoms with E-state index < -0.39 is 20.9 Å². The molecular formula is C18H34O6P2. The fraction of sp³-hybridized carbons (Fsp3) is 0.667. The summed E-state index contributed by atoms with van der Waals surface area (Å²) in [6.45, 7) is 8.69. The van der Waals surface area contributed by atoms with Gasteiger partial charge in [-0.15, -0.1) is 0 Å². The number of rotatable bonds is 13. The van der Waals surface area contributed by atoms with Crippen molar-refractivity contribution in [1.29, 1.82) is 0 Å². The molecule has 0 aliphatic heterocycles. The largest absolute Gasteiger partial charge is 0.377 e. The van der Waals surface area contributed by atoms with E-state index in [4.69, 9.17) is 14.5 Å². The molecule has 0 saturated heterocycles. The second kappa shape index (κ2) is 12.8. The van der Waals surface area contributed by atoms with Gasteiger partial charge in [0.15, 0.2) is 0 Å². The molecule has 0 aromatic heterocycles. The van der Waals surface area contributed by atoms with Crippen LogP contribution in [0.2, 0.25) is 0 Å². The molecular weight excluding hydrogens is 374 g/mol. The van der Waals surface area contributed by atoms with Crippen molar-refractivity contribution < 1.29 is 28.5 Å². The molecule has 1 atom stereocenters. The molecule has 0 radical (unpaired) electrons. The van der Waals surface area contributed by atoms with Crippen LogP contribution < -0.4 is 0 Å². The maximum Gasteiger partial charge on any atom is 0.335 e. The number of allylic oxidation sites excluding steroid dienone is 5. The first-order valence-electron chi connectivity index (χ1n) is 8.79. The summed E-state index contributed by atoms with van der Waals surface area (Å²) in [6.07, 6.45) is 10.2. The zero-order chi connectivity index (χ0) is 20.2. The summed E-state index contributed by atoms with van der Waals surface area (Å²) in [4.78, 5) is 27.0. The molecule has 0 bridgehead atoms. The van der Waals surface area contributed by atoms with Crippen molar-refractivity contribution in [1.82, 2.24) is 0 Å². The number of hydrogen-bond donors (Lipinski definition) is 3. The molecule has 0 aromatic rings. The van der Waals surface area contributed by atoms with Gasteiger partial charge in [0.25, 0.3) is 0 Å². The van der Waals surface area contributed by atoms with E-state index in [0.29, 0.717) is 6.61 Å². The Labute approximate surface area is 157 Å². The Morgan fingerprint density at radius 3 is 1.96 bits per heavy atom. The van der Waals surface area contributed by atoms with Crippen molar-refractivity contribution in [3.05, 3.63) is 34.9 Å². The predicted octanol–water partition coefficient (Wildman–Crippen LogP) is 4.83. The third-order valence-electron chi connectivity index (χ3n) is 3.66. The fourth-order valence-corrected chi connectivity index (χ4v) is 5.47. The average molecular weight is 408 g/mol. The predicted molar refractivity (Wildman–Crippen MR) is 108 cm³/mol. The van der Waals surface area contributed by atoms with Gasteiger partial charge in [-0.05, 0) is 53.4 Å². The topological polar surface area (TPSA) is 104 Å². The van der Waals surface area contributed by atoms with Gasteiger partial charge in [0.2, 0.25) is 7.37 Å². The first kappa shape index (κ1) is 25.5. The van der Waals surface area contributed by atoms with Crippen LogP contribution in [-0.4, -0.2) is 40.0 Å². The van der Waals surface area contributed by atoms with Crippen molar-refractivity contribution in [2.75, 3.05) is 25.3 Å². The Balaban J connectivity index is 4.00. The lowest BCUT2D eigenvalue weighted by Gasteiger charge is -2.12. The SMILES string of the molecule is CC(C)=CCC/C(C)=C/CC/C(C)=C/COCCP(=O)(O)CP(=O)(O)O. The van der Waals surface area contributed by atoms with E-state index in [-0.39, 0.29) is 12.8 Å². The first-order chi connectivity index (χ1) is 11.9. The number of ether oxygens (including phenoxy) is 1. The highest BCUT2D eigenvalue weighted by Gasteiger charge is 2.28. The van der Waals surface area contributed by atoms with Gasteiger partial charge in [-0.3, -0.25) is 9.13 Å². The molecule has 0 rings (SSSR count). The average Bonchev–Trinajstić information content (AvgIpc) is 2.43. The molecule has 0 saturated carbocycles. The highest BCUT2D eigenvalue weighted by molar-refractivity contribution is 7.72. The number of hydrogen-bond acceptors (Lipinski definition) is 3. The lowest BCUT2D eigenvalue weighted by atomic mass is 10.1. The summed E-state index contributed by atoms with van der Waals surface area (Å²) in [5.41, 5.74) is 3.91. The van der Waals surface area contributed by atoms with Crippen molar-refractivity contribution in [3.63, 3.8) is 0 Å². The van der Waals surface area contributed by atoms with Crippen LogP contribution in [0.15, 0.2) is 34.9 Å². The van der Waals surface area contributed by atoms with Crippen LogP contribution in [0, 0.1) is 0 Å². The zero-order valence-corrected chi connectivity index (χ0v) is 18.1. The molecule has 26 heavy (non-hydrogen) atoms. The maximum absolute atomic E-state index is 11.6. The summed E-state index contributed by atoms with van der Waals surface area (Å²) in [7, 11) is -8.32. The summed E-state index contributed by atoms with van der Waals surface area (Å²) < 4.78 is 27.6. The Kier molecular flexibility index (Phi) is 12.6. The van der Waals surface area contributed by atoms with Crippen molar-refractivity contribution in [2.24, 2.45) is 0 Å². The van der Waals surface area contributed by atoms with Crippen molar-refractivity contribution >= 4 is 15.0 Å². The Bertz CT molecular complexity index is 597. The normalized spacial score (nSPS) is 15.7. The van der Waals surface area contributed by atoms with Crippen LogP contribution in [0.25, 0.3) is 0 Å². The maximum atomic E-state index is 11.6. The van der Waals surface area contributed by atoms with E-state index in [2.05, 4.69) is 32.9 Å². The molecule has 6 nitrogen and oxygen atoms in total. The molecule has 0 heterocycles. The van der Waals surface area contributed by atoms with E-state index in [9.17, 15) is 14.0 Å². The third kappa shape index (κ3) is 17.0. The molecule has 0 amide bonds. The molecule has 152 valence electrons. The van der Waals surface area contributed by atoms with Gasteiger partial charge < -0.3 is 19.4 Å². The van der Waals surface area contributed by atoms with Gasteiger partial charge in [0, 0.05) is 6.16 Å². The van der Waals surface area contributed by atoms with Crippen LogP contribution in [0.5, 0.6) is 0 Å². The van der Waals surface area contributed by atoms with Crippen LogP contribution in [0.3, 0.4) is 0 Å². The third-order valence-corrected chi connectivity index (χ3v) is 7.79. The molecule has 8 heteroatoms. The van der Waals surface area contributed by atoms with Crippen molar-refractivity contribution in [2.45, 2.75) is 53.4 Å². The molecule has 0 spiro atoms. The van der Waals surface area contributed by atoms with Crippen molar-refractivity contribution in [3.8, 4) is 0 Å². The van der Waals surface area contributed by atoms with E-state index in [1.165, 1.54) is 16.7 Å². The standard InChI is InChI=1S/C18H34O6P2/c1-16(2)7-5-8-17(3)9-6-10-18(4)11-12-24-13-14-25(19,20)15-26(21,22)23/h7,9,11H,5-6,8,10,12-15H2,1-4H3,(H,19,20)(H2,21,22,23)/b17-9+,18-11+. The second-order valence-electron chi connectivity index (χ2n) is 6.91. The lowest BCUT2D eigenvalue weighted by molar-refractivity contribution is 0.176. The van der Waals surface area contributed by atoms with Gasteiger partial charge in [0.05, 0.1) is 13.2 Å². The molecule has 0 fully saturated rings. The summed E-state index contributed by atoms with van der Waals surface area (Å²) in [6, 6.07) is 0. The van der Waals surface area contributed by atoms with Crippen LogP contribution in [-0.2, 0) is 13.9 Å². The minimum Gasteiger partial charge on any atom is -0.377 e. The van der Waals surface area contributed by atoms with Crippen LogP contribution in [0.1, 0.15) is 53.4 Å². The van der Waals surface area contributed by atoms with E-state index >= 15 is 0 Å². The highest BCUT2D eigenvalue weighted by Crippen LogP contribution is 2.54. The van der Waals surface area contributed by atoms with Gasteiger partial charge in [-0.1, -0.05) is 34.9 Å². The molecule has 0 aliphatic carbocycles. The second-order valence-corrected chi connectivity index (χ2v) is 11.5. The molecule has 0 aliphatic rings. The smallest absolute Gasteiger partial charge is 0.335 e. The van der Waals surface area contributed by atoms with Gasteiger partial charge in [-0.25, -0.2) is 0 Å². The Morgan fingerprint density at radius 2 is 1.42 bits per heavy atom. The van der Waals surface area contributed by atoms with Gasteiger partial charge >= 0.3 is 7.60 Å². The van der Waals surface area contributed by atoms with Crippen LogP contribution >= 0.6 is 15.0 Å². The highest BCUT2D eigenvalue weighted by atomic mass is 31.2. The summed E-state index contributed by atoms with van der Waals surface area (Å²) in [5, 5.41) is 0. The molecule has 3 N–H and O–H groups in total. The van der Waals surface area contributed by atoms with Gasteiger partial charge in [-0.2, -0.15) is 0 Å².